The van der Waals surface area contributed by atoms with Gasteiger partial charge in [0, 0.05) is 17.5 Å². The molecule has 0 amide bonds. The number of carboxylic acids is 1. The molecule has 0 saturated carbocycles. The summed E-state index contributed by atoms with van der Waals surface area (Å²) < 4.78 is 6.91. The maximum absolute atomic E-state index is 11.0. The lowest BCUT2D eigenvalue weighted by atomic mass is 10.2. The number of hydrogen-bond acceptors (Lipinski definition) is 3. The molecule has 0 saturated heterocycles. The normalized spacial score (nSPS) is 10.8. The van der Waals surface area contributed by atoms with Crippen LogP contribution in [0.2, 0.25) is 0 Å². The minimum absolute atomic E-state index is 0.336. The first kappa shape index (κ1) is 11.4. The van der Waals surface area contributed by atoms with Gasteiger partial charge in [-0.3, -0.25) is 0 Å². The average Bonchev–Trinajstić information content (AvgIpc) is 2.77. The van der Waals surface area contributed by atoms with Gasteiger partial charge in [0.25, 0.3) is 0 Å². The summed E-state index contributed by atoms with van der Waals surface area (Å²) in [4.78, 5) is 11.0. The Morgan fingerprint density at radius 3 is 2.59 bits per heavy atom. The van der Waals surface area contributed by atoms with Crippen molar-refractivity contribution in [3.63, 3.8) is 0 Å². The summed E-state index contributed by atoms with van der Waals surface area (Å²) in [6, 6.07) is 3.52. The quantitative estimate of drug-likeness (QED) is 0.883. The van der Waals surface area contributed by atoms with Crippen LogP contribution in [0.1, 0.15) is 33.2 Å². The predicted octanol–water partition coefficient (Wildman–Crippen LogP) is 2.15. The van der Waals surface area contributed by atoms with E-state index in [4.69, 9.17) is 9.63 Å². The van der Waals surface area contributed by atoms with Crippen molar-refractivity contribution >= 4 is 5.97 Å². The fourth-order valence-corrected chi connectivity index (χ4v) is 1.92. The van der Waals surface area contributed by atoms with Crippen LogP contribution in [0.4, 0.5) is 0 Å². The molecule has 0 aliphatic carbocycles. The maximum atomic E-state index is 11.0. The molecule has 17 heavy (non-hydrogen) atoms. The smallest absolute Gasteiger partial charge is 0.337 e. The first-order chi connectivity index (χ1) is 7.99. The molecule has 0 aliphatic rings. The molecule has 90 valence electrons. The molecule has 0 aliphatic heterocycles. The van der Waals surface area contributed by atoms with Gasteiger partial charge in [0.2, 0.25) is 0 Å². The molecule has 0 aromatic carbocycles. The molecule has 0 spiro atoms. The van der Waals surface area contributed by atoms with Gasteiger partial charge < -0.3 is 14.2 Å². The summed E-state index contributed by atoms with van der Waals surface area (Å²) in [6.07, 6.45) is 0. The summed E-state index contributed by atoms with van der Waals surface area (Å²) in [7, 11) is 0. The number of carbonyl (C=O) groups is 1. The van der Waals surface area contributed by atoms with Crippen LogP contribution in [0.5, 0.6) is 0 Å². The van der Waals surface area contributed by atoms with Crippen molar-refractivity contribution in [1.29, 1.82) is 0 Å². The number of aromatic nitrogens is 2. The van der Waals surface area contributed by atoms with E-state index in [0.717, 1.165) is 22.8 Å². The topological polar surface area (TPSA) is 68.3 Å². The van der Waals surface area contributed by atoms with Crippen molar-refractivity contribution in [3.8, 4) is 0 Å². The highest BCUT2D eigenvalue weighted by Gasteiger charge is 2.15. The number of aryl methyl sites for hydroxylation is 2. The van der Waals surface area contributed by atoms with E-state index in [-0.39, 0.29) is 0 Å². The van der Waals surface area contributed by atoms with Gasteiger partial charge in [-0.25, -0.2) is 4.79 Å². The average molecular weight is 234 g/mol. The van der Waals surface area contributed by atoms with E-state index < -0.39 is 5.97 Å². The van der Waals surface area contributed by atoms with Gasteiger partial charge in [-0.1, -0.05) is 5.16 Å². The van der Waals surface area contributed by atoms with Crippen molar-refractivity contribution < 1.29 is 14.4 Å². The zero-order valence-corrected chi connectivity index (χ0v) is 10.0. The molecule has 2 aromatic rings. The van der Waals surface area contributed by atoms with Crippen LogP contribution >= 0.6 is 0 Å². The predicted molar refractivity (Wildman–Crippen MR) is 61.2 cm³/mol. The minimum Gasteiger partial charge on any atom is -0.478 e. The van der Waals surface area contributed by atoms with Gasteiger partial charge in [0.15, 0.2) is 0 Å². The van der Waals surface area contributed by atoms with Crippen LogP contribution in [-0.2, 0) is 6.54 Å². The van der Waals surface area contributed by atoms with Gasteiger partial charge in [-0.2, -0.15) is 0 Å². The lowest BCUT2D eigenvalue weighted by Crippen LogP contribution is -2.06. The molecule has 1 N–H and O–H groups in total. The molecule has 2 aromatic heterocycles. The second-order valence-electron chi connectivity index (χ2n) is 4.11. The SMILES string of the molecule is Cc1cc(Cn2c(C)cc(C(=O)O)c2C)no1. The Balaban J connectivity index is 2.36. The molecular weight excluding hydrogens is 220 g/mol. The van der Waals surface area contributed by atoms with Gasteiger partial charge in [-0.05, 0) is 26.8 Å². The highest BCUT2D eigenvalue weighted by Crippen LogP contribution is 2.17. The van der Waals surface area contributed by atoms with Gasteiger partial charge >= 0.3 is 5.97 Å². The van der Waals surface area contributed by atoms with E-state index >= 15 is 0 Å². The molecular formula is C12H14N2O3. The molecule has 0 atom stereocenters. The fourth-order valence-electron chi connectivity index (χ4n) is 1.92. The van der Waals surface area contributed by atoms with Gasteiger partial charge in [-0.15, -0.1) is 0 Å². The Morgan fingerprint density at radius 2 is 2.12 bits per heavy atom. The molecule has 5 nitrogen and oxygen atoms in total. The van der Waals surface area contributed by atoms with Gasteiger partial charge in [0.05, 0.1) is 12.1 Å². The van der Waals surface area contributed by atoms with Crippen LogP contribution < -0.4 is 0 Å². The first-order valence-corrected chi connectivity index (χ1v) is 5.31. The van der Waals surface area contributed by atoms with E-state index in [1.165, 1.54) is 0 Å². The van der Waals surface area contributed by atoms with Crippen LogP contribution in [0, 0.1) is 20.8 Å². The first-order valence-electron chi connectivity index (χ1n) is 5.31. The number of rotatable bonds is 3. The fraction of sp³-hybridized carbons (Fsp3) is 0.333. The van der Waals surface area contributed by atoms with E-state index in [9.17, 15) is 4.79 Å². The van der Waals surface area contributed by atoms with Gasteiger partial charge in [0.1, 0.15) is 11.5 Å². The van der Waals surface area contributed by atoms with Crippen LogP contribution in [0.25, 0.3) is 0 Å². The van der Waals surface area contributed by atoms with E-state index in [0.29, 0.717) is 12.1 Å². The zero-order chi connectivity index (χ0) is 12.6. The van der Waals surface area contributed by atoms with Crippen LogP contribution in [0.3, 0.4) is 0 Å². The Hall–Kier alpha value is -2.04. The second kappa shape index (κ2) is 4.08. The van der Waals surface area contributed by atoms with Crippen molar-refractivity contribution in [2.24, 2.45) is 0 Å². The standard InChI is InChI=1S/C12H14N2O3/c1-7-4-11(12(15)16)9(3)14(7)6-10-5-8(2)17-13-10/h4-5H,6H2,1-3H3,(H,15,16). The largest absolute Gasteiger partial charge is 0.478 e. The highest BCUT2D eigenvalue weighted by atomic mass is 16.5. The van der Waals surface area contributed by atoms with Crippen LogP contribution in [0.15, 0.2) is 16.7 Å². The minimum atomic E-state index is -0.902. The summed E-state index contributed by atoms with van der Waals surface area (Å²) in [5.41, 5.74) is 2.76. The number of carboxylic acid groups (broad SMARTS) is 1. The summed E-state index contributed by atoms with van der Waals surface area (Å²) in [6.45, 7) is 6.03. The maximum Gasteiger partial charge on any atom is 0.337 e. The van der Waals surface area contributed by atoms with E-state index in [2.05, 4.69) is 5.16 Å². The van der Waals surface area contributed by atoms with Crippen LogP contribution in [-0.4, -0.2) is 20.8 Å². The summed E-state index contributed by atoms with van der Waals surface area (Å²) >= 11 is 0. The zero-order valence-electron chi connectivity index (χ0n) is 10.0. The Kier molecular flexibility index (Phi) is 2.75. The van der Waals surface area contributed by atoms with E-state index in [1.54, 1.807) is 13.0 Å². The van der Waals surface area contributed by atoms with Crippen molar-refractivity contribution in [3.05, 3.63) is 40.5 Å². The third-order valence-electron chi connectivity index (χ3n) is 2.80. The second-order valence-corrected chi connectivity index (χ2v) is 4.11. The molecule has 0 radical (unpaired) electrons. The molecule has 2 heterocycles. The molecule has 2 rings (SSSR count). The lowest BCUT2D eigenvalue weighted by molar-refractivity contribution is 0.0696. The van der Waals surface area contributed by atoms with Crippen molar-refractivity contribution in [2.75, 3.05) is 0 Å². The Morgan fingerprint density at radius 1 is 1.41 bits per heavy atom. The summed E-state index contributed by atoms with van der Waals surface area (Å²) in [5, 5.41) is 12.9. The third-order valence-corrected chi connectivity index (χ3v) is 2.80. The number of nitrogens with zero attached hydrogens (tertiary/aromatic N) is 2. The molecule has 0 fully saturated rings. The number of hydrogen-bond donors (Lipinski definition) is 1. The molecule has 0 unspecified atom stereocenters. The molecule has 0 bridgehead atoms. The third kappa shape index (κ3) is 2.08. The summed E-state index contributed by atoms with van der Waals surface area (Å²) in [5.74, 6) is -0.151. The highest BCUT2D eigenvalue weighted by molar-refractivity contribution is 5.89. The van der Waals surface area contributed by atoms with Crippen molar-refractivity contribution in [1.82, 2.24) is 9.72 Å². The number of aromatic carboxylic acids is 1. The lowest BCUT2D eigenvalue weighted by Gasteiger charge is -2.06. The Bertz CT molecular complexity index is 566. The van der Waals surface area contributed by atoms with Crippen molar-refractivity contribution in [2.45, 2.75) is 27.3 Å². The Labute approximate surface area is 98.7 Å². The van der Waals surface area contributed by atoms with E-state index in [1.807, 2.05) is 24.5 Å². The molecule has 5 heteroatoms. The monoisotopic (exact) mass is 234 g/mol.